The minimum Gasteiger partial charge on any atom is -0.454 e. The lowest BCUT2D eigenvalue weighted by Gasteiger charge is -2.20. The molecule has 1 aliphatic heterocycles. The first kappa shape index (κ1) is 14.4. The first-order valence-electron chi connectivity index (χ1n) is 6.18. The van der Waals surface area contributed by atoms with Crippen molar-refractivity contribution in [1.82, 2.24) is 15.5 Å². The smallest absolute Gasteiger partial charge is 0.239 e. The van der Waals surface area contributed by atoms with Crippen molar-refractivity contribution in [3.63, 3.8) is 0 Å². The average molecular weight is 295 g/mol. The zero-order valence-corrected chi connectivity index (χ0v) is 12.3. The second kappa shape index (κ2) is 6.42. The molecule has 1 aliphatic rings. The second-order valence-electron chi connectivity index (χ2n) is 4.38. The third kappa shape index (κ3) is 3.51. The fourth-order valence-corrected chi connectivity index (χ4v) is 1.87. The van der Waals surface area contributed by atoms with Crippen molar-refractivity contribution in [1.29, 1.82) is 0 Å². The van der Waals surface area contributed by atoms with Crippen molar-refractivity contribution in [3.05, 3.63) is 23.8 Å². The zero-order chi connectivity index (χ0) is 14.5. The predicted molar refractivity (Wildman–Crippen MR) is 78.7 cm³/mol. The average Bonchev–Trinajstić information content (AvgIpc) is 2.91. The number of amides is 1. The Morgan fingerprint density at radius 1 is 1.40 bits per heavy atom. The van der Waals surface area contributed by atoms with Crippen molar-refractivity contribution in [2.24, 2.45) is 0 Å². The predicted octanol–water partition coefficient (Wildman–Crippen LogP) is 0.468. The third-order valence-electron chi connectivity index (χ3n) is 2.89. The number of fused-ring (bicyclic) bond motifs is 1. The van der Waals surface area contributed by atoms with E-state index in [0.717, 1.165) is 17.1 Å². The number of nitrogens with zero attached hydrogens (tertiary/aromatic N) is 1. The lowest BCUT2D eigenvalue weighted by molar-refractivity contribution is -0.120. The van der Waals surface area contributed by atoms with Gasteiger partial charge in [0.15, 0.2) is 16.6 Å². The SMILES string of the molecule is CNC(=O)CN(C)C(=S)NCc1ccc2c(c1)OCO2. The number of rotatable bonds is 4. The lowest BCUT2D eigenvalue weighted by atomic mass is 10.2. The number of carbonyl (C=O) groups is 1. The van der Waals surface area contributed by atoms with Gasteiger partial charge in [-0.3, -0.25) is 4.79 Å². The van der Waals surface area contributed by atoms with E-state index in [2.05, 4.69) is 10.6 Å². The number of carbonyl (C=O) groups excluding carboxylic acids is 1. The van der Waals surface area contributed by atoms with Crippen LogP contribution in [-0.2, 0) is 11.3 Å². The number of hydrogen-bond acceptors (Lipinski definition) is 4. The number of benzene rings is 1. The summed E-state index contributed by atoms with van der Waals surface area (Å²) < 4.78 is 10.6. The molecule has 0 bridgehead atoms. The highest BCUT2D eigenvalue weighted by atomic mass is 32.1. The van der Waals surface area contributed by atoms with Crippen molar-refractivity contribution >= 4 is 23.2 Å². The van der Waals surface area contributed by atoms with Crippen LogP contribution in [0.15, 0.2) is 18.2 Å². The molecule has 0 aliphatic carbocycles. The second-order valence-corrected chi connectivity index (χ2v) is 4.76. The first-order chi connectivity index (χ1) is 9.60. The van der Waals surface area contributed by atoms with E-state index in [1.165, 1.54) is 0 Å². The van der Waals surface area contributed by atoms with E-state index in [4.69, 9.17) is 21.7 Å². The van der Waals surface area contributed by atoms with Gasteiger partial charge in [-0.25, -0.2) is 0 Å². The van der Waals surface area contributed by atoms with E-state index >= 15 is 0 Å². The molecule has 0 atom stereocenters. The molecule has 2 N–H and O–H groups in total. The minimum atomic E-state index is -0.0836. The number of ether oxygens (including phenoxy) is 2. The van der Waals surface area contributed by atoms with Crippen LogP contribution in [0, 0.1) is 0 Å². The van der Waals surface area contributed by atoms with Gasteiger partial charge in [-0.15, -0.1) is 0 Å². The van der Waals surface area contributed by atoms with E-state index in [-0.39, 0.29) is 19.2 Å². The van der Waals surface area contributed by atoms with Gasteiger partial charge in [0.25, 0.3) is 0 Å². The van der Waals surface area contributed by atoms with E-state index in [0.29, 0.717) is 11.7 Å². The molecule has 2 rings (SSSR count). The summed E-state index contributed by atoms with van der Waals surface area (Å²) in [5, 5.41) is 6.17. The zero-order valence-electron chi connectivity index (χ0n) is 11.4. The number of thiocarbonyl (C=S) groups is 1. The molecule has 1 heterocycles. The van der Waals surface area contributed by atoms with Gasteiger partial charge in [0.05, 0.1) is 6.54 Å². The van der Waals surface area contributed by atoms with Gasteiger partial charge in [0, 0.05) is 20.6 Å². The summed E-state index contributed by atoms with van der Waals surface area (Å²) >= 11 is 5.22. The molecule has 20 heavy (non-hydrogen) atoms. The number of hydrogen-bond donors (Lipinski definition) is 2. The molecule has 1 aromatic rings. The van der Waals surface area contributed by atoms with Crippen LogP contribution >= 0.6 is 12.2 Å². The Morgan fingerprint density at radius 3 is 2.90 bits per heavy atom. The fourth-order valence-electron chi connectivity index (χ4n) is 1.73. The Labute approximate surface area is 123 Å². The van der Waals surface area contributed by atoms with Gasteiger partial charge in [-0.05, 0) is 29.9 Å². The maximum atomic E-state index is 11.3. The molecular formula is C13H17N3O3S. The molecule has 1 aromatic carbocycles. The molecule has 0 fully saturated rings. The van der Waals surface area contributed by atoms with E-state index in [1.54, 1.807) is 19.0 Å². The van der Waals surface area contributed by atoms with Crippen LogP contribution in [0.5, 0.6) is 11.5 Å². The number of nitrogens with one attached hydrogen (secondary N) is 2. The summed E-state index contributed by atoms with van der Waals surface area (Å²) in [5.74, 6) is 1.42. The van der Waals surface area contributed by atoms with Crippen molar-refractivity contribution < 1.29 is 14.3 Å². The molecule has 6 nitrogen and oxygen atoms in total. The van der Waals surface area contributed by atoms with E-state index < -0.39 is 0 Å². The fraction of sp³-hybridized carbons (Fsp3) is 0.385. The topological polar surface area (TPSA) is 62.8 Å². The molecule has 0 unspecified atom stereocenters. The van der Waals surface area contributed by atoms with Gasteiger partial charge in [-0.2, -0.15) is 0 Å². The summed E-state index contributed by atoms with van der Waals surface area (Å²) in [4.78, 5) is 12.9. The molecule has 0 saturated carbocycles. The van der Waals surface area contributed by atoms with Crippen molar-refractivity contribution in [2.75, 3.05) is 27.4 Å². The monoisotopic (exact) mass is 295 g/mol. The van der Waals surface area contributed by atoms with Gasteiger partial charge in [-0.1, -0.05) is 6.07 Å². The van der Waals surface area contributed by atoms with Crippen LogP contribution in [0.25, 0.3) is 0 Å². The van der Waals surface area contributed by atoms with Crippen LogP contribution < -0.4 is 20.1 Å². The van der Waals surface area contributed by atoms with Crippen molar-refractivity contribution in [2.45, 2.75) is 6.54 Å². The Morgan fingerprint density at radius 2 is 2.15 bits per heavy atom. The Kier molecular flexibility index (Phi) is 4.62. The molecule has 0 aromatic heterocycles. The highest BCUT2D eigenvalue weighted by Crippen LogP contribution is 2.32. The largest absolute Gasteiger partial charge is 0.454 e. The molecule has 0 radical (unpaired) electrons. The van der Waals surface area contributed by atoms with Crippen LogP contribution in [0.1, 0.15) is 5.56 Å². The summed E-state index contributed by atoms with van der Waals surface area (Å²) in [6, 6.07) is 5.73. The van der Waals surface area contributed by atoms with Crippen LogP contribution in [0.3, 0.4) is 0 Å². The van der Waals surface area contributed by atoms with E-state index in [9.17, 15) is 4.79 Å². The van der Waals surface area contributed by atoms with Gasteiger partial charge < -0.3 is 25.0 Å². The standard InChI is InChI=1S/C13H17N3O3S/c1-14-12(17)7-16(2)13(20)15-6-9-3-4-10-11(5-9)19-8-18-10/h3-5H,6-8H2,1-2H3,(H,14,17)(H,15,20). The molecular weight excluding hydrogens is 278 g/mol. The molecule has 0 saturated heterocycles. The number of likely N-dealkylation sites (N-methyl/N-ethyl adjacent to an activating group) is 2. The van der Waals surface area contributed by atoms with Gasteiger partial charge in [0.2, 0.25) is 12.7 Å². The molecule has 108 valence electrons. The van der Waals surface area contributed by atoms with Gasteiger partial charge >= 0.3 is 0 Å². The van der Waals surface area contributed by atoms with Gasteiger partial charge in [0.1, 0.15) is 0 Å². The maximum Gasteiger partial charge on any atom is 0.239 e. The third-order valence-corrected chi connectivity index (χ3v) is 3.34. The molecule has 1 amide bonds. The summed E-state index contributed by atoms with van der Waals surface area (Å²) in [6.45, 7) is 1.05. The highest BCUT2D eigenvalue weighted by Gasteiger charge is 2.13. The summed E-state index contributed by atoms with van der Waals surface area (Å²) in [6.07, 6.45) is 0. The van der Waals surface area contributed by atoms with E-state index in [1.807, 2.05) is 18.2 Å². The van der Waals surface area contributed by atoms with Crippen LogP contribution in [-0.4, -0.2) is 43.4 Å². The van der Waals surface area contributed by atoms with Crippen LogP contribution in [0.2, 0.25) is 0 Å². The maximum absolute atomic E-state index is 11.3. The highest BCUT2D eigenvalue weighted by molar-refractivity contribution is 7.80. The normalized spacial score (nSPS) is 11.9. The summed E-state index contributed by atoms with van der Waals surface area (Å²) in [5.41, 5.74) is 1.03. The molecule has 0 spiro atoms. The summed E-state index contributed by atoms with van der Waals surface area (Å²) in [7, 11) is 3.36. The molecule has 7 heteroatoms. The minimum absolute atomic E-state index is 0.0836. The quantitative estimate of drug-likeness (QED) is 0.787. The first-order valence-corrected chi connectivity index (χ1v) is 6.59. The Bertz CT molecular complexity index is 522. The van der Waals surface area contributed by atoms with Crippen LogP contribution in [0.4, 0.5) is 0 Å². The Hall–Kier alpha value is -2.02. The lowest BCUT2D eigenvalue weighted by Crippen LogP contribution is -2.42. The van der Waals surface area contributed by atoms with Crippen molar-refractivity contribution in [3.8, 4) is 11.5 Å². The Balaban J connectivity index is 1.85.